The SMILES string of the molecule is CC(C)(C)OC(=O)Cn1cc2c(N)cccc2n1. The molecule has 0 amide bonds. The van der Waals surface area contributed by atoms with E-state index in [1.807, 2.05) is 39.0 Å². The molecule has 5 nitrogen and oxygen atoms in total. The minimum atomic E-state index is -0.483. The molecule has 5 heteroatoms. The molecule has 2 N–H and O–H groups in total. The quantitative estimate of drug-likeness (QED) is 0.650. The number of nitrogens with zero attached hydrogens (tertiary/aromatic N) is 2. The van der Waals surface area contributed by atoms with Crippen LogP contribution in [-0.2, 0) is 16.1 Å². The van der Waals surface area contributed by atoms with Gasteiger partial charge in [0, 0.05) is 17.3 Å². The van der Waals surface area contributed by atoms with Gasteiger partial charge in [-0.25, -0.2) is 0 Å². The molecule has 0 spiro atoms. The van der Waals surface area contributed by atoms with Crippen molar-refractivity contribution in [2.75, 3.05) is 5.73 Å². The van der Waals surface area contributed by atoms with E-state index in [9.17, 15) is 4.79 Å². The van der Waals surface area contributed by atoms with Crippen LogP contribution in [0.1, 0.15) is 20.8 Å². The van der Waals surface area contributed by atoms with E-state index in [-0.39, 0.29) is 12.5 Å². The predicted octanol–water partition coefficient (Wildman–Crippen LogP) is 1.96. The molecule has 2 aromatic rings. The molecule has 1 aromatic carbocycles. The molecule has 18 heavy (non-hydrogen) atoms. The van der Waals surface area contributed by atoms with Crippen molar-refractivity contribution in [3.05, 3.63) is 24.4 Å². The fraction of sp³-hybridized carbons (Fsp3) is 0.385. The second kappa shape index (κ2) is 4.33. The maximum atomic E-state index is 11.7. The maximum Gasteiger partial charge on any atom is 0.328 e. The summed E-state index contributed by atoms with van der Waals surface area (Å²) in [4.78, 5) is 11.7. The van der Waals surface area contributed by atoms with E-state index in [4.69, 9.17) is 10.5 Å². The Bertz CT molecular complexity index is 581. The topological polar surface area (TPSA) is 70.1 Å². The number of nitrogens with two attached hydrogens (primary N) is 1. The van der Waals surface area contributed by atoms with Gasteiger partial charge in [0.25, 0.3) is 0 Å². The largest absolute Gasteiger partial charge is 0.459 e. The van der Waals surface area contributed by atoms with E-state index in [0.717, 1.165) is 10.9 Å². The van der Waals surface area contributed by atoms with Crippen LogP contribution >= 0.6 is 0 Å². The minimum absolute atomic E-state index is 0.0887. The smallest absolute Gasteiger partial charge is 0.328 e. The molecule has 1 aromatic heterocycles. The summed E-state index contributed by atoms with van der Waals surface area (Å²) < 4.78 is 6.79. The summed E-state index contributed by atoms with van der Waals surface area (Å²) in [6.45, 7) is 5.60. The van der Waals surface area contributed by atoms with Crippen molar-refractivity contribution in [2.45, 2.75) is 32.9 Å². The second-order valence-electron chi connectivity index (χ2n) is 5.19. The van der Waals surface area contributed by atoms with E-state index < -0.39 is 5.60 Å². The zero-order valence-electron chi connectivity index (χ0n) is 10.8. The van der Waals surface area contributed by atoms with Crippen LogP contribution in [-0.4, -0.2) is 21.4 Å². The van der Waals surface area contributed by atoms with Crippen molar-refractivity contribution in [3.8, 4) is 0 Å². The molecule has 0 fully saturated rings. The van der Waals surface area contributed by atoms with Gasteiger partial charge in [0.05, 0.1) is 5.52 Å². The fourth-order valence-corrected chi connectivity index (χ4v) is 1.70. The second-order valence-corrected chi connectivity index (χ2v) is 5.19. The average molecular weight is 247 g/mol. The fourth-order valence-electron chi connectivity index (χ4n) is 1.70. The zero-order valence-corrected chi connectivity index (χ0v) is 10.8. The Kier molecular flexibility index (Phi) is 2.98. The summed E-state index contributed by atoms with van der Waals surface area (Å²) in [5.74, 6) is -0.311. The molecular weight excluding hydrogens is 230 g/mol. The molecule has 0 unspecified atom stereocenters. The first-order chi connectivity index (χ1) is 8.35. The molecule has 0 bridgehead atoms. The molecule has 96 valence electrons. The first-order valence-corrected chi connectivity index (χ1v) is 5.79. The van der Waals surface area contributed by atoms with Gasteiger partial charge in [-0.15, -0.1) is 0 Å². The maximum absolute atomic E-state index is 11.7. The molecule has 0 aliphatic rings. The zero-order chi connectivity index (χ0) is 13.3. The van der Waals surface area contributed by atoms with E-state index in [1.165, 1.54) is 0 Å². The van der Waals surface area contributed by atoms with Gasteiger partial charge < -0.3 is 10.5 Å². The van der Waals surface area contributed by atoms with Gasteiger partial charge in [-0.05, 0) is 32.9 Å². The lowest BCUT2D eigenvalue weighted by molar-refractivity contribution is -0.155. The third-order valence-electron chi connectivity index (χ3n) is 2.34. The molecule has 0 radical (unpaired) electrons. The lowest BCUT2D eigenvalue weighted by Gasteiger charge is -2.19. The molecule has 0 aliphatic heterocycles. The van der Waals surface area contributed by atoms with E-state index in [0.29, 0.717) is 5.69 Å². The molecular formula is C13H17N3O2. The monoisotopic (exact) mass is 247 g/mol. The number of ether oxygens (including phenoxy) is 1. The van der Waals surface area contributed by atoms with E-state index in [2.05, 4.69) is 5.10 Å². The van der Waals surface area contributed by atoms with Gasteiger partial charge in [0.2, 0.25) is 0 Å². The van der Waals surface area contributed by atoms with Crippen LogP contribution in [0.15, 0.2) is 24.4 Å². The first kappa shape index (κ1) is 12.4. The van der Waals surface area contributed by atoms with Crippen LogP contribution in [0.5, 0.6) is 0 Å². The number of nitrogen functional groups attached to an aromatic ring is 1. The number of carbonyl (C=O) groups is 1. The summed E-state index contributed by atoms with van der Waals surface area (Å²) in [5, 5.41) is 5.13. The van der Waals surface area contributed by atoms with Gasteiger partial charge in [-0.3, -0.25) is 9.48 Å². The molecule has 0 aliphatic carbocycles. The Hall–Kier alpha value is -2.04. The highest BCUT2D eigenvalue weighted by atomic mass is 16.6. The van der Waals surface area contributed by atoms with Gasteiger partial charge in [-0.1, -0.05) is 6.07 Å². The Balaban J connectivity index is 2.18. The van der Waals surface area contributed by atoms with E-state index >= 15 is 0 Å². The number of carbonyl (C=O) groups excluding carboxylic acids is 1. The number of hydrogen-bond acceptors (Lipinski definition) is 4. The van der Waals surface area contributed by atoms with Crippen LogP contribution in [0.4, 0.5) is 5.69 Å². The van der Waals surface area contributed by atoms with E-state index in [1.54, 1.807) is 10.9 Å². The summed E-state index contributed by atoms with van der Waals surface area (Å²) in [7, 11) is 0. The highest BCUT2D eigenvalue weighted by Gasteiger charge is 2.17. The highest BCUT2D eigenvalue weighted by molar-refractivity contribution is 5.89. The highest BCUT2D eigenvalue weighted by Crippen LogP contribution is 2.19. The number of esters is 1. The van der Waals surface area contributed by atoms with Crippen LogP contribution in [0, 0.1) is 0 Å². The molecule has 1 heterocycles. The summed E-state index contributed by atoms with van der Waals surface area (Å²) >= 11 is 0. The van der Waals surface area contributed by atoms with Crippen molar-refractivity contribution in [2.24, 2.45) is 0 Å². The lowest BCUT2D eigenvalue weighted by atomic mass is 10.2. The summed E-state index contributed by atoms with van der Waals surface area (Å²) in [5.41, 5.74) is 6.78. The Morgan fingerprint density at radius 2 is 2.17 bits per heavy atom. The molecule has 0 atom stereocenters. The molecule has 0 saturated carbocycles. The van der Waals surface area contributed by atoms with Crippen molar-refractivity contribution < 1.29 is 9.53 Å². The van der Waals surface area contributed by atoms with Crippen molar-refractivity contribution in [1.29, 1.82) is 0 Å². The Morgan fingerprint density at radius 3 is 2.78 bits per heavy atom. The van der Waals surface area contributed by atoms with Gasteiger partial charge >= 0.3 is 5.97 Å². The minimum Gasteiger partial charge on any atom is -0.459 e. The molecule has 0 saturated heterocycles. The van der Waals surface area contributed by atoms with Crippen molar-refractivity contribution in [1.82, 2.24) is 9.78 Å². The van der Waals surface area contributed by atoms with Crippen LogP contribution in [0.2, 0.25) is 0 Å². The summed E-state index contributed by atoms with van der Waals surface area (Å²) in [6, 6.07) is 5.50. The number of rotatable bonds is 2. The Labute approximate surface area is 106 Å². The third kappa shape index (κ3) is 2.80. The van der Waals surface area contributed by atoms with Crippen molar-refractivity contribution in [3.63, 3.8) is 0 Å². The van der Waals surface area contributed by atoms with Gasteiger partial charge in [0.15, 0.2) is 0 Å². The number of aromatic nitrogens is 2. The van der Waals surface area contributed by atoms with Gasteiger partial charge in [0.1, 0.15) is 12.1 Å². The third-order valence-corrected chi connectivity index (χ3v) is 2.34. The number of anilines is 1. The van der Waals surface area contributed by atoms with Crippen LogP contribution in [0.3, 0.4) is 0 Å². The molecule has 2 rings (SSSR count). The van der Waals surface area contributed by atoms with Crippen LogP contribution in [0.25, 0.3) is 10.9 Å². The normalized spacial score (nSPS) is 11.7. The number of benzene rings is 1. The van der Waals surface area contributed by atoms with Gasteiger partial charge in [-0.2, -0.15) is 5.10 Å². The van der Waals surface area contributed by atoms with Crippen LogP contribution < -0.4 is 5.73 Å². The average Bonchev–Trinajstić information content (AvgIpc) is 2.58. The lowest BCUT2D eigenvalue weighted by Crippen LogP contribution is -2.26. The number of hydrogen-bond donors (Lipinski definition) is 1. The summed E-state index contributed by atoms with van der Waals surface area (Å²) in [6.07, 6.45) is 1.76. The Morgan fingerprint density at radius 1 is 1.44 bits per heavy atom. The van der Waals surface area contributed by atoms with Crippen molar-refractivity contribution >= 4 is 22.6 Å². The first-order valence-electron chi connectivity index (χ1n) is 5.79. The predicted molar refractivity (Wildman–Crippen MR) is 70.0 cm³/mol. The number of fused-ring (bicyclic) bond motifs is 1. The standard InChI is InChI=1S/C13H17N3O2/c1-13(2,3)18-12(17)8-16-7-9-10(14)5-4-6-11(9)15-16/h4-7H,8,14H2,1-3H3.